The second-order valence-corrected chi connectivity index (χ2v) is 19.5. The van der Waals surface area contributed by atoms with Crippen molar-refractivity contribution in [1.29, 1.82) is 0 Å². The van der Waals surface area contributed by atoms with Gasteiger partial charge in [-0.25, -0.2) is 0 Å². The summed E-state index contributed by atoms with van der Waals surface area (Å²) in [5.41, 5.74) is 12.0. The normalized spacial score (nSPS) is 15.0. The lowest BCUT2D eigenvalue weighted by molar-refractivity contribution is -0.142. The molecule has 0 aromatic heterocycles. The number of aliphatic hydroxyl groups is 2. The van der Waals surface area contributed by atoms with E-state index >= 15 is 0 Å². The van der Waals surface area contributed by atoms with Crippen LogP contribution in [0.1, 0.15) is 64.2 Å². The molecule has 11 atom stereocenters. The SMILES string of the molecule is CC(C)[C@H](NC(=O)[C@H](CC(N)=O)NC(=O)[C@H](Cc1ccc(O)cc1)NC(=O)[C@H](CC(=O)O)NC(=O)[C@@H](NC(=O)[C@H](Cc1ccccc1)NC(=O)[C@@H](NC(=O)[C@H](Cc1ccc(O)cc1)NC(=O)CN)[C@@H](C)O)[C@@H](C)O)C(=O)N[C@@H](C)C(=O)O. The zero-order chi connectivity index (χ0) is 61.5. The van der Waals surface area contributed by atoms with Crippen LogP contribution in [0.3, 0.4) is 0 Å². The van der Waals surface area contributed by atoms with Crippen molar-refractivity contribution in [3.63, 3.8) is 0 Å². The van der Waals surface area contributed by atoms with Gasteiger partial charge in [0, 0.05) is 19.3 Å². The van der Waals surface area contributed by atoms with Crippen molar-refractivity contribution in [3.8, 4) is 11.5 Å². The summed E-state index contributed by atoms with van der Waals surface area (Å²) in [4.78, 5) is 159. The average Bonchev–Trinajstić information content (AvgIpc) is 3.44. The summed E-state index contributed by atoms with van der Waals surface area (Å²) in [5, 5.41) is 81.3. The van der Waals surface area contributed by atoms with Crippen molar-refractivity contribution in [2.45, 2.75) is 133 Å². The summed E-state index contributed by atoms with van der Waals surface area (Å²) in [7, 11) is 0. The molecule has 3 rings (SSSR count). The molecule has 10 amide bonds. The Morgan fingerprint density at radius 1 is 0.427 bits per heavy atom. The van der Waals surface area contributed by atoms with Gasteiger partial charge in [-0.15, -0.1) is 0 Å². The van der Waals surface area contributed by atoms with Crippen molar-refractivity contribution in [3.05, 3.63) is 95.6 Å². The van der Waals surface area contributed by atoms with E-state index in [1.54, 1.807) is 30.3 Å². The fourth-order valence-electron chi connectivity index (χ4n) is 7.80. The third-order valence-corrected chi connectivity index (χ3v) is 12.3. The summed E-state index contributed by atoms with van der Waals surface area (Å²) in [6.07, 6.45) is -6.51. The molecule has 446 valence electrons. The maximum absolute atomic E-state index is 14.2. The first kappa shape index (κ1) is 67.1. The minimum absolute atomic E-state index is 0.0837. The Labute approximate surface area is 470 Å². The first-order valence-electron chi connectivity index (χ1n) is 25.6. The van der Waals surface area contributed by atoms with Crippen molar-refractivity contribution in [1.82, 2.24) is 47.9 Å². The summed E-state index contributed by atoms with van der Waals surface area (Å²) < 4.78 is 0. The number of aromatic hydroxyl groups is 2. The fourth-order valence-corrected chi connectivity index (χ4v) is 7.80. The maximum atomic E-state index is 14.2. The highest BCUT2D eigenvalue weighted by atomic mass is 16.4. The number of rotatable bonds is 32. The number of phenols is 2. The summed E-state index contributed by atoms with van der Waals surface area (Å²) in [6, 6.07) is 3.28. The van der Waals surface area contributed by atoms with Gasteiger partial charge in [0.15, 0.2) is 0 Å². The Morgan fingerprint density at radius 2 is 0.768 bits per heavy atom. The molecule has 0 aliphatic rings. The van der Waals surface area contributed by atoms with Crippen LogP contribution in [0.25, 0.3) is 0 Å². The van der Waals surface area contributed by atoms with E-state index in [1.807, 2.05) is 0 Å². The van der Waals surface area contributed by atoms with Crippen LogP contribution in [-0.2, 0) is 76.8 Å². The van der Waals surface area contributed by atoms with Crippen LogP contribution in [0.2, 0.25) is 0 Å². The van der Waals surface area contributed by atoms with E-state index in [9.17, 15) is 88.2 Å². The van der Waals surface area contributed by atoms with Gasteiger partial charge in [-0.05, 0) is 67.6 Å². The third kappa shape index (κ3) is 22.1. The van der Waals surface area contributed by atoms with Crippen LogP contribution in [0.5, 0.6) is 11.5 Å². The molecule has 0 spiro atoms. The molecule has 0 saturated heterocycles. The van der Waals surface area contributed by atoms with E-state index in [4.69, 9.17) is 11.5 Å². The molecular formula is C53H71N11O18. The zero-order valence-corrected chi connectivity index (χ0v) is 45.4. The summed E-state index contributed by atoms with van der Waals surface area (Å²) >= 11 is 0. The van der Waals surface area contributed by atoms with Crippen LogP contribution >= 0.6 is 0 Å². The number of carboxylic acid groups (broad SMARTS) is 2. The van der Waals surface area contributed by atoms with Gasteiger partial charge in [-0.3, -0.25) is 57.5 Å². The highest BCUT2D eigenvalue weighted by molar-refractivity contribution is 6.00. The van der Waals surface area contributed by atoms with Crippen LogP contribution in [0.15, 0.2) is 78.9 Å². The predicted octanol–water partition coefficient (Wildman–Crippen LogP) is -4.68. The number of hydrogen-bond donors (Lipinski definition) is 17. The molecule has 3 aromatic rings. The number of amides is 10. The van der Waals surface area contributed by atoms with Crippen molar-refractivity contribution in [2.75, 3.05) is 6.54 Å². The molecule has 0 bridgehead atoms. The third-order valence-electron chi connectivity index (χ3n) is 12.3. The van der Waals surface area contributed by atoms with Crippen molar-refractivity contribution >= 4 is 71.0 Å². The predicted molar refractivity (Wildman–Crippen MR) is 288 cm³/mol. The molecule has 0 unspecified atom stereocenters. The van der Waals surface area contributed by atoms with Gasteiger partial charge in [0.2, 0.25) is 59.1 Å². The molecule has 82 heavy (non-hydrogen) atoms. The van der Waals surface area contributed by atoms with Gasteiger partial charge in [0.25, 0.3) is 0 Å². The number of carbonyl (C=O) groups is 12. The summed E-state index contributed by atoms with van der Waals surface area (Å²) in [5.74, 6) is -15.2. The minimum Gasteiger partial charge on any atom is -0.508 e. The molecular weight excluding hydrogens is 1080 g/mol. The van der Waals surface area contributed by atoms with E-state index in [2.05, 4.69) is 47.9 Å². The second-order valence-electron chi connectivity index (χ2n) is 19.5. The fraction of sp³-hybridized carbons (Fsp3) is 0.434. The van der Waals surface area contributed by atoms with Crippen molar-refractivity contribution < 1.29 is 88.2 Å². The van der Waals surface area contributed by atoms with E-state index < -0.39 is 169 Å². The van der Waals surface area contributed by atoms with E-state index in [1.165, 1.54) is 69.3 Å². The molecule has 0 fully saturated rings. The number of aliphatic hydroxyl groups excluding tert-OH is 2. The Morgan fingerprint density at radius 3 is 1.17 bits per heavy atom. The smallest absolute Gasteiger partial charge is 0.325 e. The molecule has 3 aromatic carbocycles. The highest BCUT2D eigenvalue weighted by Crippen LogP contribution is 2.15. The average molecular weight is 1150 g/mol. The van der Waals surface area contributed by atoms with Crippen molar-refractivity contribution in [2.24, 2.45) is 17.4 Å². The molecule has 29 nitrogen and oxygen atoms in total. The van der Waals surface area contributed by atoms with Crippen LogP contribution < -0.4 is 59.3 Å². The monoisotopic (exact) mass is 1150 g/mol. The topological polar surface area (TPSA) is 487 Å². The number of aliphatic carboxylic acids is 2. The minimum atomic E-state index is -2.11. The first-order chi connectivity index (χ1) is 38.5. The molecule has 29 heteroatoms. The Balaban J connectivity index is 1.94. The largest absolute Gasteiger partial charge is 0.508 e. The Bertz CT molecular complexity index is 2750. The molecule has 0 saturated carbocycles. The quantitative estimate of drug-likeness (QED) is 0.0279. The van der Waals surface area contributed by atoms with Gasteiger partial charge in [-0.2, -0.15) is 0 Å². The Kier molecular flexibility index (Phi) is 26.3. The molecule has 19 N–H and O–H groups in total. The zero-order valence-electron chi connectivity index (χ0n) is 45.4. The number of hydrogen-bond acceptors (Lipinski definition) is 17. The summed E-state index contributed by atoms with van der Waals surface area (Å²) in [6.45, 7) is 5.84. The second kappa shape index (κ2) is 32.1. The lowest BCUT2D eigenvalue weighted by atomic mass is 10.0. The number of carboxylic acids is 2. The van der Waals surface area contributed by atoms with Gasteiger partial charge in [0.1, 0.15) is 65.9 Å². The molecule has 0 aliphatic heterocycles. The number of carbonyl (C=O) groups excluding carboxylic acids is 10. The van der Waals surface area contributed by atoms with Gasteiger partial charge >= 0.3 is 11.9 Å². The first-order valence-corrected chi connectivity index (χ1v) is 25.6. The highest BCUT2D eigenvalue weighted by Gasteiger charge is 2.38. The van der Waals surface area contributed by atoms with Gasteiger partial charge < -0.3 is 90.0 Å². The standard InChI is InChI=1S/C53H71N11O18/c1-25(2)42(50(78)56-26(3)53(81)82)62-49(77)37(22-39(55)69)59-45(73)35(21-31-13-17-33(68)18-14-31)58-46(74)38(23-41(71)72)61-52(80)44(28(5)66)64-48(76)36(19-29-9-7-6-8-10-29)60-51(79)43(27(4)65)63-47(75)34(57-40(70)24-54)20-30-11-15-32(67)16-12-30/h6-18,25-28,34-38,42-44,65-68H,19-24,54H2,1-5H3,(H2,55,69)(H,56,78)(H,57,70)(H,58,74)(H,59,73)(H,60,79)(H,61,80)(H,62,77)(H,63,75)(H,64,76)(H,71,72)(H,81,82)/t26-,27+,28+,34-,35-,36-,37-,38-,42-,43-,44-/m0/s1. The van der Waals surface area contributed by atoms with Crippen LogP contribution in [-0.4, -0.2) is 175 Å². The van der Waals surface area contributed by atoms with Gasteiger partial charge in [-0.1, -0.05) is 68.4 Å². The molecule has 0 radical (unpaired) electrons. The van der Waals surface area contributed by atoms with E-state index in [-0.39, 0.29) is 29.9 Å². The van der Waals surface area contributed by atoms with E-state index in [0.717, 1.165) is 13.8 Å². The molecule has 0 aliphatic carbocycles. The Hall–Kier alpha value is -9.22. The number of benzene rings is 3. The number of phenolic OH excluding ortho intramolecular Hbond substituents is 2. The molecule has 0 heterocycles. The van der Waals surface area contributed by atoms with Gasteiger partial charge in [0.05, 0.1) is 31.6 Å². The number of nitrogens with two attached hydrogens (primary N) is 2. The van der Waals surface area contributed by atoms with E-state index in [0.29, 0.717) is 11.1 Å². The van der Waals surface area contributed by atoms with Crippen LogP contribution in [0, 0.1) is 5.92 Å². The van der Waals surface area contributed by atoms with Crippen LogP contribution in [0.4, 0.5) is 0 Å². The lowest BCUT2D eigenvalue weighted by Crippen LogP contribution is -2.63. The number of nitrogens with one attached hydrogen (secondary N) is 9. The lowest BCUT2D eigenvalue weighted by Gasteiger charge is -2.29. The number of primary amides is 1. The maximum Gasteiger partial charge on any atom is 0.325 e.